The Hall–Kier alpha value is -2.44. The lowest BCUT2D eigenvalue weighted by atomic mass is 10.1. The molecule has 2 aromatic rings. The van der Waals surface area contributed by atoms with Crippen molar-refractivity contribution in [2.75, 3.05) is 19.0 Å². The third kappa shape index (κ3) is 2.46. The Morgan fingerprint density at radius 3 is 2.81 bits per heavy atom. The molecule has 0 unspecified atom stereocenters. The van der Waals surface area contributed by atoms with E-state index in [0.29, 0.717) is 25.2 Å². The highest BCUT2D eigenvalue weighted by Crippen LogP contribution is 2.47. The van der Waals surface area contributed by atoms with Crippen LogP contribution >= 0.6 is 0 Å². The summed E-state index contributed by atoms with van der Waals surface area (Å²) < 4.78 is 1.59. The van der Waals surface area contributed by atoms with E-state index in [9.17, 15) is 9.90 Å². The molecule has 3 rings (SSSR count). The minimum atomic E-state index is -0.772. The lowest BCUT2D eigenvalue weighted by molar-refractivity contribution is -0.144. The van der Waals surface area contributed by atoms with Crippen LogP contribution < -0.4 is 4.90 Å². The summed E-state index contributed by atoms with van der Waals surface area (Å²) in [6, 6.07) is 7.85. The molecule has 7 nitrogen and oxygen atoms in total. The standard InChI is InChI=1S/C14H17N5O2/c1-18(2)11-5-3-4-10(8-11)12-15-16-17-19(12)9-14(6-7-14)13(20)21/h3-5,8H,6-7,9H2,1-2H3,(H,20,21). The highest BCUT2D eigenvalue weighted by molar-refractivity contribution is 5.77. The maximum atomic E-state index is 11.3. The van der Waals surface area contributed by atoms with E-state index in [4.69, 9.17) is 0 Å². The van der Waals surface area contributed by atoms with Crippen molar-refractivity contribution in [1.82, 2.24) is 20.2 Å². The molecule has 1 fully saturated rings. The number of rotatable bonds is 5. The average Bonchev–Trinajstić information content (AvgIpc) is 3.10. The van der Waals surface area contributed by atoms with E-state index in [0.717, 1.165) is 11.3 Å². The van der Waals surface area contributed by atoms with E-state index in [1.165, 1.54) is 0 Å². The predicted molar refractivity (Wildman–Crippen MR) is 76.9 cm³/mol. The molecule has 0 spiro atoms. The second-order valence-corrected chi connectivity index (χ2v) is 5.69. The molecule has 1 aliphatic rings. The second kappa shape index (κ2) is 4.83. The molecule has 0 amide bonds. The van der Waals surface area contributed by atoms with Crippen molar-refractivity contribution in [3.05, 3.63) is 24.3 Å². The minimum absolute atomic E-state index is 0.316. The van der Waals surface area contributed by atoms with Gasteiger partial charge in [0.15, 0.2) is 5.82 Å². The fourth-order valence-corrected chi connectivity index (χ4v) is 2.32. The first-order valence-corrected chi connectivity index (χ1v) is 6.79. The normalized spacial score (nSPS) is 15.7. The number of aromatic nitrogens is 4. The van der Waals surface area contributed by atoms with Gasteiger partial charge >= 0.3 is 5.97 Å². The number of carbonyl (C=O) groups is 1. The van der Waals surface area contributed by atoms with Gasteiger partial charge in [0.2, 0.25) is 0 Å². The van der Waals surface area contributed by atoms with Crippen molar-refractivity contribution in [2.45, 2.75) is 19.4 Å². The van der Waals surface area contributed by atoms with Gasteiger partial charge in [0.1, 0.15) is 0 Å². The summed E-state index contributed by atoms with van der Waals surface area (Å²) in [5, 5.41) is 21.0. The van der Waals surface area contributed by atoms with Gasteiger partial charge in [-0.25, -0.2) is 4.68 Å². The molecule has 0 bridgehead atoms. The van der Waals surface area contributed by atoms with Crippen molar-refractivity contribution in [3.63, 3.8) is 0 Å². The van der Waals surface area contributed by atoms with Crippen molar-refractivity contribution in [3.8, 4) is 11.4 Å². The molecule has 0 aliphatic heterocycles. The Morgan fingerprint density at radius 2 is 2.19 bits per heavy atom. The highest BCUT2D eigenvalue weighted by Gasteiger charge is 2.51. The Kier molecular flexibility index (Phi) is 3.12. The second-order valence-electron chi connectivity index (χ2n) is 5.69. The number of tetrazole rings is 1. The Bertz CT molecular complexity index is 676. The Balaban J connectivity index is 1.92. The summed E-state index contributed by atoms with van der Waals surface area (Å²) >= 11 is 0. The van der Waals surface area contributed by atoms with Crippen LogP contribution in [0.2, 0.25) is 0 Å². The van der Waals surface area contributed by atoms with Crippen molar-refractivity contribution >= 4 is 11.7 Å². The van der Waals surface area contributed by atoms with Crippen LogP contribution in [0.15, 0.2) is 24.3 Å². The first-order valence-electron chi connectivity index (χ1n) is 6.79. The van der Waals surface area contributed by atoms with Gasteiger partial charge in [-0.3, -0.25) is 4.79 Å². The van der Waals surface area contributed by atoms with Gasteiger partial charge < -0.3 is 10.0 Å². The molecular formula is C14H17N5O2. The summed E-state index contributed by atoms with van der Waals surface area (Å²) in [4.78, 5) is 13.3. The topological polar surface area (TPSA) is 84.1 Å². The summed E-state index contributed by atoms with van der Waals surface area (Å²) in [7, 11) is 3.93. The van der Waals surface area contributed by atoms with E-state index in [1.54, 1.807) is 4.68 Å². The zero-order valence-corrected chi connectivity index (χ0v) is 12.0. The molecule has 21 heavy (non-hydrogen) atoms. The zero-order chi connectivity index (χ0) is 15.0. The Morgan fingerprint density at radius 1 is 1.43 bits per heavy atom. The lowest BCUT2D eigenvalue weighted by Crippen LogP contribution is -2.22. The summed E-state index contributed by atoms with van der Waals surface area (Å²) in [6.07, 6.45) is 1.36. The molecule has 110 valence electrons. The van der Waals surface area contributed by atoms with Gasteiger partial charge in [0.25, 0.3) is 0 Å². The molecule has 0 radical (unpaired) electrons. The number of anilines is 1. The molecule has 1 aliphatic carbocycles. The number of carboxylic acid groups (broad SMARTS) is 1. The molecule has 0 atom stereocenters. The molecule has 1 aromatic carbocycles. The monoisotopic (exact) mass is 287 g/mol. The molecule has 1 aromatic heterocycles. The number of aliphatic carboxylic acids is 1. The van der Waals surface area contributed by atoms with Gasteiger partial charge in [0.05, 0.1) is 12.0 Å². The number of benzene rings is 1. The smallest absolute Gasteiger partial charge is 0.311 e. The van der Waals surface area contributed by atoms with Crippen LogP contribution in [0.1, 0.15) is 12.8 Å². The first-order chi connectivity index (χ1) is 10.0. The van der Waals surface area contributed by atoms with E-state index in [2.05, 4.69) is 15.5 Å². The van der Waals surface area contributed by atoms with Gasteiger partial charge in [-0.2, -0.15) is 0 Å². The van der Waals surface area contributed by atoms with Crippen LogP contribution in [-0.4, -0.2) is 45.4 Å². The highest BCUT2D eigenvalue weighted by atomic mass is 16.4. The van der Waals surface area contributed by atoms with Gasteiger partial charge in [-0.1, -0.05) is 12.1 Å². The van der Waals surface area contributed by atoms with Gasteiger partial charge in [-0.05, 0) is 35.4 Å². The third-order valence-corrected chi connectivity index (χ3v) is 3.91. The third-order valence-electron chi connectivity index (χ3n) is 3.91. The number of hydrogen-bond donors (Lipinski definition) is 1. The largest absolute Gasteiger partial charge is 0.481 e. The number of hydrogen-bond acceptors (Lipinski definition) is 5. The lowest BCUT2D eigenvalue weighted by Gasteiger charge is -2.14. The van der Waals surface area contributed by atoms with E-state index in [-0.39, 0.29) is 0 Å². The van der Waals surface area contributed by atoms with Crippen LogP contribution in [0, 0.1) is 5.41 Å². The zero-order valence-electron chi connectivity index (χ0n) is 12.0. The van der Waals surface area contributed by atoms with Gasteiger partial charge in [-0.15, -0.1) is 5.10 Å². The molecular weight excluding hydrogens is 270 g/mol. The maximum absolute atomic E-state index is 11.3. The van der Waals surface area contributed by atoms with E-state index in [1.807, 2.05) is 43.3 Å². The van der Waals surface area contributed by atoms with Crippen LogP contribution in [0.3, 0.4) is 0 Å². The summed E-state index contributed by atoms with van der Waals surface area (Å²) in [5.41, 5.74) is 1.23. The van der Waals surface area contributed by atoms with E-state index < -0.39 is 11.4 Å². The van der Waals surface area contributed by atoms with Crippen molar-refractivity contribution < 1.29 is 9.90 Å². The maximum Gasteiger partial charge on any atom is 0.311 e. The SMILES string of the molecule is CN(C)c1cccc(-c2nnnn2CC2(C(=O)O)CC2)c1. The van der Waals surface area contributed by atoms with Crippen LogP contribution in [0.4, 0.5) is 5.69 Å². The first kappa shape index (κ1) is 13.5. The molecule has 1 saturated carbocycles. The average molecular weight is 287 g/mol. The summed E-state index contributed by atoms with van der Waals surface area (Å²) in [6.45, 7) is 0.316. The number of nitrogens with zero attached hydrogens (tertiary/aromatic N) is 5. The molecule has 7 heteroatoms. The number of carboxylic acids is 1. The van der Waals surface area contributed by atoms with Crippen molar-refractivity contribution in [1.29, 1.82) is 0 Å². The quantitative estimate of drug-likeness (QED) is 0.891. The van der Waals surface area contributed by atoms with Crippen molar-refractivity contribution in [2.24, 2.45) is 5.41 Å². The van der Waals surface area contributed by atoms with Gasteiger partial charge in [0, 0.05) is 25.3 Å². The van der Waals surface area contributed by atoms with Crippen LogP contribution in [-0.2, 0) is 11.3 Å². The van der Waals surface area contributed by atoms with Crippen LogP contribution in [0.25, 0.3) is 11.4 Å². The minimum Gasteiger partial charge on any atom is -0.481 e. The van der Waals surface area contributed by atoms with Crippen LogP contribution in [0.5, 0.6) is 0 Å². The summed E-state index contributed by atoms with van der Waals surface area (Å²) in [5.74, 6) is -0.169. The molecule has 0 saturated heterocycles. The molecule has 1 heterocycles. The fourth-order valence-electron chi connectivity index (χ4n) is 2.32. The molecule has 1 N–H and O–H groups in total. The predicted octanol–water partition coefficient (Wildman–Crippen LogP) is 1.27. The van der Waals surface area contributed by atoms with E-state index >= 15 is 0 Å². The Labute approximate surface area is 122 Å². The fraction of sp³-hybridized carbons (Fsp3) is 0.429.